The van der Waals surface area contributed by atoms with Crippen LogP contribution in [0.5, 0.6) is 0 Å². The quantitative estimate of drug-likeness (QED) is 0.504. The second-order valence-electron chi connectivity index (χ2n) is 2.35. The topological polar surface area (TPSA) is 52.3 Å². The molecule has 0 aliphatic rings. The summed E-state index contributed by atoms with van der Waals surface area (Å²) in [5, 5.41) is 0. The van der Waals surface area contributed by atoms with Crippen LogP contribution in [0.2, 0.25) is 0 Å². The molecule has 0 aromatic carbocycles. The third-order valence-corrected chi connectivity index (χ3v) is 0.994. The maximum atomic E-state index is 10.4. The molecule has 0 fully saturated rings. The van der Waals surface area contributed by atoms with Crippen LogP contribution in [0.15, 0.2) is 36.6 Å². The summed E-state index contributed by atoms with van der Waals surface area (Å²) in [6.45, 7) is 8.64. The van der Waals surface area contributed by atoms with Crippen LogP contribution in [0.25, 0.3) is 0 Å². The van der Waals surface area contributed by atoms with Crippen molar-refractivity contribution in [3.63, 3.8) is 0 Å². The van der Waals surface area contributed by atoms with Crippen molar-refractivity contribution < 1.29 is 9.53 Å². The zero-order valence-corrected chi connectivity index (χ0v) is 7.17. The highest BCUT2D eigenvalue weighted by molar-refractivity contribution is 5.66. The van der Waals surface area contributed by atoms with E-state index < -0.39 is 0 Å². The van der Waals surface area contributed by atoms with E-state index in [0.717, 1.165) is 0 Å². The van der Waals surface area contributed by atoms with E-state index in [1.165, 1.54) is 6.92 Å². The van der Waals surface area contributed by atoms with Crippen molar-refractivity contribution in [2.24, 2.45) is 5.73 Å². The molecule has 66 valence electrons. The first kappa shape index (κ1) is 10.5. The molecule has 0 bridgehead atoms. The first-order chi connectivity index (χ1) is 5.52. The minimum Gasteiger partial charge on any atom is -0.461 e. The second kappa shape index (κ2) is 5.18. The van der Waals surface area contributed by atoms with Crippen LogP contribution >= 0.6 is 0 Å². The summed E-state index contributed by atoms with van der Waals surface area (Å²) >= 11 is 0. The third kappa shape index (κ3) is 6.61. The maximum Gasteiger partial charge on any atom is 0.302 e. The Morgan fingerprint density at radius 2 is 2.08 bits per heavy atom. The number of nitrogens with two attached hydrogens (primary N) is 1. The number of hydrogen-bond acceptors (Lipinski definition) is 3. The highest BCUT2D eigenvalue weighted by Gasteiger charge is 1.92. The summed E-state index contributed by atoms with van der Waals surface area (Å²) in [6.07, 6.45) is 3.26. The molecule has 0 spiro atoms. The van der Waals surface area contributed by atoms with Gasteiger partial charge in [0, 0.05) is 12.6 Å². The molecule has 0 radical (unpaired) electrons. The van der Waals surface area contributed by atoms with Crippen LogP contribution in [0.1, 0.15) is 6.92 Å². The highest BCUT2D eigenvalue weighted by Crippen LogP contribution is 1.95. The number of ether oxygens (including phenoxy) is 1. The molecule has 3 heteroatoms. The largest absolute Gasteiger partial charge is 0.461 e. The van der Waals surface area contributed by atoms with E-state index in [9.17, 15) is 4.79 Å². The van der Waals surface area contributed by atoms with Gasteiger partial charge < -0.3 is 10.5 Å². The second-order valence-corrected chi connectivity index (χ2v) is 2.35. The lowest BCUT2D eigenvalue weighted by molar-refractivity contribution is -0.139. The molecular formula is C9H13NO2. The highest BCUT2D eigenvalue weighted by atomic mass is 16.5. The van der Waals surface area contributed by atoms with Gasteiger partial charge in [0.05, 0.1) is 0 Å². The first-order valence-corrected chi connectivity index (χ1v) is 3.46. The fourth-order valence-corrected chi connectivity index (χ4v) is 0.467. The predicted molar refractivity (Wildman–Crippen MR) is 48.2 cm³/mol. The summed E-state index contributed by atoms with van der Waals surface area (Å²) in [6, 6.07) is 0. The predicted octanol–water partition coefficient (Wildman–Crippen LogP) is 1.13. The van der Waals surface area contributed by atoms with Crippen molar-refractivity contribution in [2.75, 3.05) is 6.61 Å². The molecule has 0 aliphatic heterocycles. The van der Waals surface area contributed by atoms with E-state index in [1.54, 1.807) is 12.2 Å². The van der Waals surface area contributed by atoms with E-state index in [2.05, 4.69) is 17.9 Å². The average molecular weight is 167 g/mol. The van der Waals surface area contributed by atoms with Crippen molar-refractivity contribution in [1.29, 1.82) is 0 Å². The number of esters is 1. The Hall–Kier alpha value is -1.51. The van der Waals surface area contributed by atoms with Gasteiger partial charge in [-0.2, -0.15) is 0 Å². The molecule has 0 rings (SSSR count). The number of rotatable bonds is 4. The lowest BCUT2D eigenvalue weighted by Crippen LogP contribution is -2.01. The molecule has 0 aromatic rings. The Bertz CT molecular complexity index is 229. The standard InChI is InChI=1S/C9H13NO2/c1-7(4-5-8(2)10)6-12-9(3)11/h4-5H,1-2,6,10H2,3H3/b5-4-. The lowest BCUT2D eigenvalue weighted by atomic mass is 10.3. The monoisotopic (exact) mass is 167 g/mol. The van der Waals surface area contributed by atoms with E-state index in [4.69, 9.17) is 5.73 Å². The Balaban J connectivity index is 3.75. The molecular weight excluding hydrogens is 154 g/mol. The maximum absolute atomic E-state index is 10.4. The summed E-state index contributed by atoms with van der Waals surface area (Å²) in [5.41, 5.74) is 6.39. The van der Waals surface area contributed by atoms with E-state index >= 15 is 0 Å². The van der Waals surface area contributed by atoms with Crippen molar-refractivity contribution in [2.45, 2.75) is 6.92 Å². The van der Waals surface area contributed by atoms with Crippen molar-refractivity contribution in [3.8, 4) is 0 Å². The summed E-state index contributed by atoms with van der Waals surface area (Å²) in [7, 11) is 0. The molecule has 2 N–H and O–H groups in total. The zero-order chi connectivity index (χ0) is 9.56. The van der Waals surface area contributed by atoms with Gasteiger partial charge in [0.1, 0.15) is 6.61 Å². The number of hydrogen-bond donors (Lipinski definition) is 1. The average Bonchev–Trinajstić information content (AvgIpc) is 1.96. The summed E-state index contributed by atoms with van der Waals surface area (Å²) in [4.78, 5) is 10.4. The van der Waals surface area contributed by atoms with Crippen LogP contribution < -0.4 is 5.73 Å². The van der Waals surface area contributed by atoms with Gasteiger partial charge in [-0.1, -0.05) is 19.2 Å². The number of carbonyl (C=O) groups is 1. The molecule has 0 unspecified atom stereocenters. The Kier molecular flexibility index (Phi) is 4.53. The molecule has 0 saturated heterocycles. The van der Waals surface area contributed by atoms with Crippen molar-refractivity contribution in [3.05, 3.63) is 36.6 Å². The van der Waals surface area contributed by atoms with Crippen molar-refractivity contribution >= 4 is 5.97 Å². The lowest BCUT2D eigenvalue weighted by Gasteiger charge is -1.99. The fourth-order valence-electron chi connectivity index (χ4n) is 0.467. The Labute approximate surface area is 72.2 Å². The van der Waals surface area contributed by atoms with E-state index in [0.29, 0.717) is 11.3 Å². The van der Waals surface area contributed by atoms with Gasteiger partial charge >= 0.3 is 5.97 Å². The molecule has 0 saturated carbocycles. The van der Waals surface area contributed by atoms with Crippen LogP contribution in [-0.4, -0.2) is 12.6 Å². The summed E-state index contributed by atoms with van der Waals surface area (Å²) in [5.74, 6) is -0.323. The molecule has 3 nitrogen and oxygen atoms in total. The van der Waals surface area contributed by atoms with E-state index in [1.807, 2.05) is 0 Å². The van der Waals surface area contributed by atoms with Gasteiger partial charge in [-0.15, -0.1) is 0 Å². The van der Waals surface area contributed by atoms with Crippen LogP contribution in [-0.2, 0) is 9.53 Å². The molecule has 0 aliphatic carbocycles. The van der Waals surface area contributed by atoms with Crippen LogP contribution in [0, 0.1) is 0 Å². The SMILES string of the molecule is C=C(N)/C=C\C(=C)COC(C)=O. The zero-order valence-electron chi connectivity index (χ0n) is 7.17. The van der Waals surface area contributed by atoms with Gasteiger partial charge in [-0.3, -0.25) is 4.79 Å². The molecule has 0 amide bonds. The number of allylic oxidation sites excluding steroid dienone is 1. The molecule has 0 aromatic heterocycles. The molecule has 12 heavy (non-hydrogen) atoms. The normalized spacial score (nSPS) is 9.75. The molecule has 0 heterocycles. The Morgan fingerprint density at radius 1 is 1.50 bits per heavy atom. The first-order valence-electron chi connectivity index (χ1n) is 3.46. The van der Waals surface area contributed by atoms with Gasteiger partial charge in [0.15, 0.2) is 0 Å². The van der Waals surface area contributed by atoms with Gasteiger partial charge in [-0.05, 0) is 11.6 Å². The van der Waals surface area contributed by atoms with Crippen LogP contribution in [0.4, 0.5) is 0 Å². The van der Waals surface area contributed by atoms with Crippen molar-refractivity contribution in [1.82, 2.24) is 0 Å². The van der Waals surface area contributed by atoms with E-state index in [-0.39, 0.29) is 12.6 Å². The Morgan fingerprint density at radius 3 is 2.50 bits per heavy atom. The minimum absolute atomic E-state index is 0.194. The van der Waals surface area contributed by atoms with Crippen LogP contribution in [0.3, 0.4) is 0 Å². The number of carbonyl (C=O) groups excluding carboxylic acids is 1. The van der Waals surface area contributed by atoms with Gasteiger partial charge in [0.25, 0.3) is 0 Å². The smallest absolute Gasteiger partial charge is 0.302 e. The summed E-state index contributed by atoms with van der Waals surface area (Å²) < 4.78 is 4.68. The fraction of sp³-hybridized carbons (Fsp3) is 0.222. The third-order valence-electron chi connectivity index (χ3n) is 0.994. The van der Waals surface area contributed by atoms with Gasteiger partial charge in [-0.25, -0.2) is 0 Å². The molecule has 0 atom stereocenters. The van der Waals surface area contributed by atoms with Gasteiger partial charge in [0.2, 0.25) is 0 Å². The minimum atomic E-state index is -0.323.